The van der Waals surface area contributed by atoms with Gasteiger partial charge in [-0.1, -0.05) is 65.7 Å². The van der Waals surface area contributed by atoms with Gasteiger partial charge >= 0.3 is 0 Å². The van der Waals surface area contributed by atoms with E-state index < -0.39 is 0 Å². The van der Waals surface area contributed by atoms with Crippen LogP contribution in [0.5, 0.6) is 0 Å². The van der Waals surface area contributed by atoms with Gasteiger partial charge in [-0.25, -0.2) is 0 Å². The first kappa shape index (κ1) is 14.1. The smallest absolute Gasteiger partial charge is 0.0298 e. The van der Waals surface area contributed by atoms with Crippen LogP contribution in [0.2, 0.25) is 0 Å². The third-order valence-corrected chi connectivity index (χ3v) is 4.73. The fraction of sp³-hybridized carbons (Fsp3) is 1.00. The summed E-state index contributed by atoms with van der Waals surface area (Å²) in [5.41, 5.74) is 0.654. The van der Waals surface area contributed by atoms with Gasteiger partial charge in [0.2, 0.25) is 0 Å². The van der Waals surface area contributed by atoms with E-state index in [1.54, 1.807) is 0 Å². The predicted molar refractivity (Wildman–Crippen MR) is 73.7 cm³/mol. The van der Waals surface area contributed by atoms with Crippen molar-refractivity contribution in [3.05, 3.63) is 0 Å². The van der Waals surface area contributed by atoms with Crippen molar-refractivity contribution in [3.8, 4) is 0 Å². The molecule has 1 saturated carbocycles. The van der Waals surface area contributed by atoms with Crippen molar-refractivity contribution < 1.29 is 0 Å². The van der Waals surface area contributed by atoms with E-state index in [2.05, 4.69) is 20.8 Å². The number of hydrogen-bond donors (Lipinski definition) is 0. The SMILES string of the molecule is CCCC(C)(CCC)C1CCCCCCC1. The van der Waals surface area contributed by atoms with Crippen LogP contribution < -0.4 is 0 Å². The van der Waals surface area contributed by atoms with Crippen LogP contribution in [0.4, 0.5) is 0 Å². The van der Waals surface area contributed by atoms with Crippen LogP contribution in [0.3, 0.4) is 0 Å². The van der Waals surface area contributed by atoms with E-state index in [1.165, 1.54) is 70.6 Å². The van der Waals surface area contributed by atoms with E-state index in [0.29, 0.717) is 5.41 Å². The van der Waals surface area contributed by atoms with Crippen LogP contribution >= 0.6 is 0 Å². The topological polar surface area (TPSA) is 0 Å². The Morgan fingerprint density at radius 1 is 0.812 bits per heavy atom. The Morgan fingerprint density at radius 3 is 1.69 bits per heavy atom. The molecule has 0 radical (unpaired) electrons. The summed E-state index contributed by atoms with van der Waals surface area (Å²) < 4.78 is 0. The molecule has 0 aromatic heterocycles. The molecule has 0 heterocycles. The lowest BCUT2D eigenvalue weighted by atomic mass is 9.66. The summed E-state index contributed by atoms with van der Waals surface area (Å²) in [6, 6.07) is 0. The molecule has 0 amide bonds. The van der Waals surface area contributed by atoms with E-state index in [0.717, 1.165) is 5.92 Å². The van der Waals surface area contributed by atoms with Gasteiger partial charge in [0.05, 0.1) is 0 Å². The van der Waals surface area contributed by atoms with Gasteiger partial charge in [0.1, 0.15) is 0 Å². The molecule has 0 N–H and O–H groups in total. The third kappa shape index (κ3) is 4.11. The van der Waals surface area contributed by atoms with Gasteiger partial charge in [-0.3, -0.25) is 0 Å². The second-order valence-corrected chi connectivity index (χ2v) is 6.20. The summed E-state index contributed by atoms with van der Waals surface area (Å²) in [6.07, 6.45) is 16.1. The molecule has 16 heavy (non-hydrogen) atoms. The maximum atomic E-state index is 2.58. The highest BCUT2D eigenvalue weighted by Gasteiger charge is 2.31. The summed E-state index contributed by atoms with van der Waals surface area (Å²) >= 11 is 0. The zero-order valence-electron chi connectivity index (χ0n) is 11.9. The highest BCUT2D eigenvalue weighted by Crippen LogP contribution is 2.43. The van der Waals surface area contributed by atoms with Crippen LogP contribution in [-0.4, -0.2) is 0 Å². The van der Waals surface area contributed by atoms with Crippen molar-refractivity contribution in [3.63, 3.8) is 0 Å². The molecule has 0 saturated heterocycles. The number of rotatable bonds is 5. The van der Waals surface area contributed by atoms with Crippen molar-refractivity contribution in [1.82, 2.24) is 0 Å². The lowest BCUT2D eigenvalue weighted by Gasteiger charge is -2.39. The molecular weight excluding hydrogens is 192 g/mol. The minimum atomic E-state index is 0.654. The van der Waals surface area contributed by atoms with Gasteiger partial charge in [-0.15, -0.1) is 0 Å². The summed E-state index contributed by atoms with van der Waals surface area (Å²) in [5.74, 6) is 1.02. The molecule has 0 aliphatic heterocycles. The Balaban J connectivity index is 2.58. The maximum absolute atomic E-state index is 2.58. The van der Waals surface area contributed by atoms with Crippen molar-refractivity contribution in [1.29, 1.82) is 0 Å². The summed E-state index contributed by atoms with van der Waals surface area (Å²) in [4.78, 5) is 0. The molecule has 0 aromatic carbocycles. The molecular formula is C16H32. The van der Waals surface area contributed by atoms with E-state index in [4.69, 9.17) is 0 Å². The first-order valence-corrected chi connectivity index (χ1v) is 7.73. The molecule has 96 valence electrons. The van der Waals surface area contributed by atoms with Crippen molar-refractivity contribution in [2.75, 3.05) is 0 Å². The largest absolute Gasteiger partial charge is 0.0654 e. The Hall–Kier alpha value is 0. The minimum absolute atomic E-state index is 0.654. The Labute approximate surface area is 103 Å². The Kier molecular flexibility index (Phi) is 6.46. The molecule has 0 unspecified atom stereocenters. The Morgan fingerprint density at radius 2 is 1.25 bits per heavy atom. The molecule has 0 nitrogen and oxygen atoms in total. The average Bonchev–Trinajstić information content (AvgIpc) is 2.16. The second-order valence-electron chi connectivity index (χ2n) is 6.20. The molecule has 1 aliphatic carbocycles. The Bertz CT molecular complexity index is 157. The van der Waals surface area contributed by atoms with E-state index in [-0.39, 0.29) is 0 Å². The molecule has 0 bridgehead atoms. The first-order chi connectivity index (χ1) is 7.73. The summed E-state index contributed by atoms with van der Waals surface area (Å²) in [6.45, 7) is 7.29. The lowest BCUT2D eigenvalue weighted by molar-refractivity contribution is 0.120. The van der Waals surface area contributed by atoms with Crippen LogP contribution in [0.15, 0.2) is 0 Å². The summed E-state index contributed by atoms with van der Waals surface area (Å²) in [7, 11) is 0. The molecule has 1 rings (SSSR count). The number of hydrogen-bond acceptors (Lipinski definition) is 0. The highest BCUT2D eigenvalue weighted by atomic mass is 14.4. The molecule has 0 spiro atoms. The molecule has 0 atom stereocenters. The third-order valence-electron chi connectivity index (χ3n) is 4.73. The van der Waals surface area contributed by atoms with E-state index in [9.17, 15) is 0 Å². The fourth-order valence-corrected chi connectivity index (χ4v) is 3.83. The zero-order valence-corrected chi connectivity index (χ0v) is 11.9. The normalized spacial score (nSPS) is 20.4. The van der Waals surface area contributed by atoms with Gasteiger partial charge in [0, 0.05) is 0 Å². The highest BCUT2D eigenvalue weighted by molar-refractivity contribution is 4.83. The second kappa shape index (κ2) is 7.35. The lowest BCUT2D eigenvalue weighted by Crippen LogP contribution is -2.28. The predicted octanol–water partition coefficient (Wildman–Crippen LogP) is 5.95. The average molecular weight is 224 g/mol. The van der Waals surface area contributed by atoms with E-state index >= 15 is 0 Å². The fourth-order valence-electron chi connectivity index (χ4n) is 3.83. The zero-order chi connectivity index (χ0) is 11.9. The van der Waals surface area contributed by atoms with Gasteiger partial charge < -0.3 is 0 Å². The first-order valence-electron chi connectivity index (χ1n) is 7.73. The molecule has 1 fully saturated rings. The molecule has 0 aromatic rings. The van der Waals surface area contributed by atoms with Crippen LogP contribution in [-0.2, 0) is 0 Å². The summed E-state index contributed by atoms with van der Waals surface area (Å²) in [5, 5.41) is 0. The minimum Gasteiger partial charge on any atom is -0.0654 e. The maximum Gasteiger partial charge on any atom is -0.0298 e. The van der Waals surface area contributed by atoms with E-state index in [1.807, 2.05) is 0 Å². The van der Waals surface area contributed by atoms with Crippen LogP contribution in [0.25, 0.3) is 0 Å². The monoisotopic (exact) mass is 224 g/mol. The van der Waals surface area contributed by atoms with Crippen LogP contribution in [0.1, 0.15) is 91.4 Å². The molecule has 0 heteroatoms. The van der Waals surface area contributed by atoms with Crippen LogP contribution in [0, 0.1) is 11.3 Å². The standard InChI is InChI=1S/C16H32/c1-4-13-16(3,14-5-2)15-11-9-7-6-8-10-12-15/h15H,4-14H2,1-3H3. The van der Waals surface area contributed by atoms with Crippen molar-refractivity contribution >= 4 is 0 Å². The van der Waals surface area contributed by atoms with Gasteiger partial charge in [0.25, 0.3) is 0 Å². The molecule has 1 aliphatic rings. The van der Waals surface area contributed by atoms with Gasteiger partial charge in [0.15, 0.2) is 0 Å². The van der Waals surface area contributed by atoms with Gasteiger partial charge in [-0.2, -0.15) is 0 Å². The van der Waals surface area contributed by atoms with Crippen molar-refractivity contribution in [2.45, 2.75) is 91.4 Å². The quantitative estimate of drug-likeness (QED) is 0.541. The van der Waals surface area contributed by atoms with Gasteiger partial charge in [-0.05, 0) is 37.0 Å². The van der Waals surface area contributed by atoms with Crippen molar-refractivity contribution in [2.24, 2.45) is 11.3 Å².